The quantitative estimate of drug-likeness (QED) is 0.731. The number of aliphatic hydroxyl groups is 1. The molecule has 0 aliphatic carbocycles. The highest BCUT2D eigenvalue weighted by Gasteiger charge is 2.22. The van der Waals surface area contributed by atoms with Crippen LogP contribution in [-0.4, -0.2) is 34.1 Å². The fraction of sp³-hybridized carbons (Fsp3) is 0.462. The number of hydrogen-bond acceptors (Lipinski definition) is 4. The fourth-order valence-electron chi connectivity index (χ4n) is 2.52. The minimum atomic E-state index is -0.443. The van der Waals surface area contributed by atoms with Crippen molar-refractivity contribution in [1.29, 1.82) is 0 Å². The highest BCUT2D eigenvalue weighted by Crippen LogP contribution is 2.33. The summed E-state index contributed by atoms with van der Waals surface area (Å²) in [4.78, 5) is 0. The molecule has 3 rings (SSSR count). The predicted octanol–water partition coefficient (Wildman–Crippen LogP) is 0.748. The van der Waals surface area contributed by atoms with Crippen molar-refractivity contribution in [2.24, 2.45) is 5.73 Å². The number of fused-ring (bicyclic) bond motifs is 3. The molecular weight excluding hydrogens is 230 g/mol. The van der Waals surface area contributed by atoms with Gasteiger partial charge in [0.05, 0.1) is 11.6 Å². The summed E-state index contributed by atoms with van der Waals surface area (Å²) in [7, 11) is 0. The van der Waals surface area contributed by atoms with Crippen molar-refractivity contribution in [3.63, 3.8) is 0 Å². The SMILES string of the molecule is C[C@H](N)Cc1[nH]nc2ccc3c(c12)C[C@H](O)CO3. The number of hydrogen-bond donors (Lipinski definition) is 3. The van der Waals surface area contributed by atoms with E-state index in [0.717, 1.165) is 34.3 Å². The summed E-state index contributed by atoms with van der Waals surface area (Å²) in [6.45, 7) is 2.33. The van der Waals surface area contributed by atoms with Gasteiger partial charge in [-0.2, -0.15) is 5.10 Å². The molecule has 0 saturated carbocycles. The first kappa shape index (κ1) is 11.5. The van der Waals surface area contributed by atoms with Gasteiger partial charge in [0.15, 0.2) is 0 Å². The van der Waals surface area contributed by atoms with Gasteiger partial charge in [0.25, 0.3) is 0 Å². The molecule has 0 bridgehead atoms. The Hall–Kier alpha value is -1.59. The summed E-state index contributed by atoms with van der Waals surface area (Å²) in [5.74, 6) is 0.847. The Morgan fingerprint density at radius 1 is 1.61 bits per heavy atom. The summed E-state index contributed by atoms with van der Waals surface area (Å²) in [5.41, 5.74) is 8.81. The van der Waals surface area contributed by atoms with E-state index in [1.807, 2.05) is 19.1 Å². The Bertz CT molecular complexity index is 577. The number of nitrogens with one attached hydrogen (secondary N) is 1. The lowest BCUT2D eigenvalue weighted by Crippen LogP contribution is -2.25. The number of aromatic nitrogens is 2. The molecule has 0 fully saturated rings. The molecule has 4 N–H and O–H groups in total. The van der Waals surface area contributed by atoms with E-state index in [0.29, 0.717) is 13.0 Å². The van der Waals surface area contributed by atoms with Crippen LogP contribution in [0.25, 0.3) is 10.9 Å². The molecular formula is C13H17N3O2. The van der Waals surface area contributed by atoms with Crippen LogP contribution in [-0.2, 0) is 12.8 Å². The van der Waals surface area contributed by atoms with Gasteiger partial charge in [-0.3, -0.25) is 5.10 Å². The molecule has 0 radical (unpaired) electrons. The number of nitrogens with zero attached hydrogens (tertiary/aromatic N) is 1. The van der Waals surface area contributed by atoms with Crippen LogP contribution in [0.2, 0.25) is 0 Å². The maximum atomic E-state index is 9.75. The summed E-state index contributed by atoms with van der Waals surface area (Å²) >= 11 is 0. The van der Waals surface area contributed by atoms with Crippen LogP contribution in [0.15, 0.2) is 12.1 Å². The van der Waals surface area contributed by atoms with Crippen molar-refractivity contribution in [1.82, 2.24) is 10.2 Å². The van der Waals surface area contributed by atoms with Gasteiger partial charge >= 0.3 is 0 Å². The first-order valence-corrected chi connectivity index (χ1v) is 6.20. The van der Waals surface area contributed by atoms with Crippen molar-refractivity contribution in [2.45, 2.75) is 31.9 Å². The maximum absolute atomic E-state index is 9.75. The summed E-state index contributed by atoms with van der Waals surface area (Å²) in [5, 5.41) is 18.1. The van der Waals surface area contributed by atoms with Crippen LogP contribution in [0.3, 0.4) is 0 Å². The van der Waals surface area contributed by atoms with E-state index < -0.39 is 6.10 Å². The van der Waals surface area contributed by atoms with Crippen molar-refractivity contribution in [3.05, 3.63) is 23.4 Å². The number of aromatic amines is 1. The van der Waals surface area contributed by atoms with Crippen LogP contribution >= 0.6 is 0 Å². The Morgan fingerprint density at radius 3 is 3.22 bits per heavy atom. The Kier molecular flexibility index (Phi) is 2.72. The smallest absolute Gasteiger partial charge is 0.123 e. The zero-order valence-electron chi connectivity index (χ0n) is 10.3. The van der Waals surface area contributed by atoms with Gasteiger partial charge in [0.2, 0.25) is 0 Å². The molecule has 5 nitrogen and oxygen atoms in total. The third-order valence-corrected chi connectivity index (χ3v) is 3.26. The van der Waals surface area contributed by atoms with Crippen molar-refractivity contribution in [3.8, 4) is 5.75 Å². The van der Waals surface area contributed by atoms with Crippen molar-refractivity contribution in [2.75, 3.05) is 6.61 Å². The van der Waals surface area contributed by atoms with Gasteiger partial charge in [-0.1, -0.05) is 0 Å². The van der Waals surface area contributed by atoms with Gasteiger partial charge in [-0.05, 0) is 19.1 Å². The molecule has 18 heavy (non-hydrogen) atoms. The highest BCUT2D eigenvalue weighted by atomic mass is 16.5. The van der Waals surface area contributed by atoms with E-state index in [9.17, 15) is 5.11 Å². The van der Waals surface area contributed by atoms with E-state index in [2.05, 4.69) is 10.2 Å². The average molecular weight is 247 g/mol. The largest absolute Gasteiger partial charge is 0.491 e. The van der Waals surface area contributed by atoms with Gasteiger partial charge in [0.1, 0.15) is 12.4 Å². The van der Waals surface area contributed by atoms with Gasteiger partial charge < -0.3 is 15.6 Å². The van der Waals surface area contributed by atoms with Gasteiger partial charge in [-0.25, -0.2) is 0 Å². The van der Waals surface area contributed by atoms with Crippen LogP contribution in [0.4, 0.5) is 0 Å². The van der Waals surface area contributed by atoms with Crippen LogP contribution in [0, 0.1) is 0 Å². The topological polar surface area (TPSA) is 84.2 Å². The van der Waals surface area contributed by atoms with E-state index in [1.165, 1.54) is 0 Å². The summed E-state index contributed by atoms with van der Waals surface area (Å²) in [6.07, 6.45) is 0.905. The van der Waals surface area contributed by atoms with Crippen molar-refractivity contribution >= 4 is 10.9 Å². The van der Waals surface area contributed by atoms with Crippen molar-refractivity contribution < 1.29 is 9.84 Å². The fourth-order valence-corrected chi connectivity index (χ4v) is 2.52. The van der Waals surface area contributed by atoms with E-state index in [-0.39, 0.29) is 6.04 Å². The molecule has 2 atom stereocenters. The van der Waals surface area contributed by atoms with E-state index >= 15 is 0 Å². The first-order chi connectivity index (χ1) is 8.65. The first-order valence-electron chi connectivity index (χ1n) is 6.20. The van der Waals surface area contributed by atoms with Gasteiger partial charge in [0, 0.05) is 35.5 Å². The second-order valence-electron chi connectivity index (χ2n) is 4.99. The molecule has 0 spiro atoms. The average Bonchev–Trinajstić information content (AvgIpc) is 2.72. The normalized spacial score (nSPS) is 20.5. The lowest BCUT2D eigenvalue weighted by Gasteiger charge is -2.22. The lowest BCUT2D eigenvalue weighted by molar-refractivity contribution is 0.0927. The van der Waals surface area contributed by atoms with Crippen LogP contribution < -0.4 is 10.5 Å². The molecule has 0 unspecified atom stereocenters. The Labute approximate surface area is 105 Å². The molecule has 0 amide bonds. The minimum Gasteiger partial charge on any atom is -0.491 e. The highest BCUT2D eigenvalue weighted by molar-refractivity contribution is 5.87. The number of H-pyrrole nitrogens is 1. The van der Waals surface area contributed by atoms with Crippen LogP contribution in [0.1, 0.15) is 18.2 Å². The summed E-state index contributed by atoms with van der Waals surface area (Å²) < 4.78 is 5.55. The molecule has 1 aromatic heterocycles. The van der Waals surface area contributed by atoms with E-state index in [4.69, 9.17) is 10.5 Å². The third-order valence-electron chi connectivity index (χ3n) is 3.26. The molecule has 2 aromatic rings. The Balaban J connectivity index is 2.16. The monoisotopic (exact) mass is 247 g/mol. The molecule has 1 aliphatic heterocycles. The van der Waals surface area contributed by atoms with Gasteiger partial charge in [-0.15, -0.1) is 0 Å². The number of ether oxygens (including phenoxy) is 1. The number of rotatable bonds is 2. The number of benzene rings is 1. The lowest BCUT2D eigenvalue weighted by atomic mass is 9.97. The Morgan fingerprint density at radius 2 is 2.44 bits per heavy atom. The van der Waals surface area contributed by atoms with E-state index in [1.54, 1.807) is 0 Å². The molecule has 5 heteroatoms. The molecule has 2 heterocycles. The third kappa shape index (κ3) is 1.85. The molecule has 96 valence electrons. The second kappa shape index (κ2) is 4.26. The molecule has 1 aliphatic rings. The zero-order valence-corrected chi connectivity index (χ0v) is 10.3. The second-order valence-corrected chi connectivity index (χ2v) is 4.99. The molecule has 1 aromatic carbocycles. The van der Waals surface area contributed by atoms with Crippen LogP contribution in [0.5, 0.6) is 5.75 Å². The zero-order chi connectivity index (χ0) is 12.7. The standard InChI is InChI=1S/C13H17N3O2/c1-7(14)4-11-13-9-5-8(17)6-18-12(9)3-2-10(13)15-16-11/h2-3,7-8,17H,4-6,14H2,1H3,(H,15,16)/t7-,8-/m0/s1. The number of nitrogens with two attached hydrogens (primary N) is 1. The maximum Gasteiger partial charge on any atom is 0.123 e. The number of aliphatic hydroxyl groups excluding tert-OH is 1. The molecule has 0 saturated heterocycles. The predicted molar refractivity (Wildman–Crippen MR) is 68.7 cm³/mol. The summed E-state index contributed by atoms with van der Waals surface area (Å²) in [6, 6.07) is 3.92. The minimum absolute atomic E-state index is 0.0685.